The molecule has 3 aromatic rings. The number of carbonyl (C=O) groups is 1. The van der Waals surface area contributed by atoms with Crippen molar-refractivity contribution in [2.75, 3.05) is 19.5 Å². The number of hydrogen-bond donors (Lipinski definition) is 1. The first-order valence-electron chi connectivity index (χ1n) is 8.53. The van der Waals surface area contributed by atoms with Crippen molar-refractivity contribution in [1.29, 1.82) is 0 Å². The zero-order chi connectivity index (χ0) is 19.4. The molecular formula is C20H22N4O3. The number of methoxy groups -OCH3 is 2. The number of nitrogens with one attached hydrogen (secondary N) is 1. The van der Waals surface area contributed by atoms with Crippen molar-refractivity contribution in [3.63, 3.8) is 0 Å². The number of hydrogen-bond acceptors (Lipinski definition) is 6. The molecule has 0 fully saturated rings. The van der Waals surface area contributed by atoms with Crippen LogP contribution in [-0.2, 0) is 4.74 Å². The van der Waals surface area contributed by atoms with Crippen molar-refractivity contribution in [2.45, 2.75) is 19.9 Å². The third kappa shape index (κ3) is 3.92. The number of nitrogens with zero attached hydrogens (tertiary/aromatic N) is 3. The van der Waals surface area contributed by atoms with E-state index < -0.39 is 5.97 Å². The van der Waals surface area contributed by atoms with Gasteiger partial charge in [0.15, 0.2) is 0 Å². The average Bonchev–Trinajstić information content (AvgIpc) is 3.13. The van der Waals surface area contributed by atoms with Gasteiger partial charge in [0.25, 0.3) is 0 Å². The minimum absolute atomic E-state index is 0.0177. The Labute approximate surface area is 158 Å². The maximum atomic E-state index is 11.7. The summed E-state index contributed by atoms with van der Waals surface area (Å²) in [5, 5.41) is 3.32. The Morgan fingerprint density at radius 3 is 2.48 bits per heavy atom. The highest BCUT2D eigenvalue weighted by Gasteiger charge is 2.16. The Morgan fingerprint density at radius 1 is 1.15 bits per heavy atom. The molecule has 0 saturated carbocycles. The molecule has 0 aliphatic carbocycles. The van der Waals surface area contributed by atoms with E-state index in [1.54, 1.807) is 18.3 Å². The van der Waals surface area contributed by atoms with E-state index in [0.717, 1.165) is 17.1 Å². The van der Waals surface area contributed by atoms with E-state index in [-0.39, 0.29) is 11.9 Å². The van der Waals surface area contributed by atoms with Crippen LogP contribution in [0.5, 0.6) is 5.88 Å². The lowest BCUT2D eigenvalue weighted by atomic mass is 10.1. The largest absolute Gasteiger partial charge is 0.480 e. The second-order valence-corrected chi connectivity index (χ2v) is 6.05. The molecule has 27 heavy (non-hydrogen) atoms. The summed E-state index contributed by atoms with van der Waals surface area (Å²) in [6.07, 6.45) is 3.72. The Bertz CT molecular complexity index is 935. The van der Waals surface area contributed by atoms with Gasteiger partial charge >= 0.3 is 5.97 Å². The van der Waals surface area contributed by atoms with Gasteiger partial charge in [-0.05, 0) is 43.7 Å². The Morgan fingerprint density at radius 2 is 1.89 bits per heavy atom. The predicted octanol–water partition coefficient (Wildman–Crippen LogP) is 3.54. The normalized spacial score (nSPS) is 11.7. The first kappa shape index (κ1) is 18.4. The average molecular weight is 366 g/mol. The third-order valence-corrected chi connectivity index (χ3v) is 4.32. The van der Waals surface area contributed by atoms with E-state index >= 15 is 0 Å². The zero-order valence-electron chi connectivity index (χ0n) is 15.8. The van der Waals surface area contributed by atoms with Crippen LogP contribution < -0.4 is 10.1 Å². The molecule has 7 nitrogen and oxygen atoms in total. The van der Waals surface area contributed by atoms with Crippen LogP contribution in [0.2, 0.25) is 0 Å². The predicted molar refractivity (Wildman–Crippen MR) is 102 cm³/mol. The summed E-state index contributed by atoms with van der Waals surface area (Å²) in [6, 6.07) is 11.6. The zero-order valence-corrected chi connectivity index (χ0v) is 15.8. The molecule has 1 N–H and O–H groups in total. The van der Waals surface area contributed by atoms with Gasteiger partial charge in [0.1, 0.15) is 17.2 Å². The molecule has 0 bridgehead atoms. The molecule has 0 saturated heterocycles. The van der Waals surface area contributed by atoms with E-state index in [0.29, 0.717) is 11.4 Å². The summed E-state index contributed by atoms with van der Waals surface area (Å²) in [4.78, 5) is 20.3. The number of benzene rings is 1. The lowest BCUT2D eigenvalue weighted by Crippen LogP contribution is -2.11. The summed E-state index contributed by atoms with van der Waals surface area (Å²) in [5.41, 5.74) is 2.45. The van der Waals surface area contributed by atoms with Crippen molar-refractivity contribution in [1.82, 2.24) is 14.5 Å². The third-order valence-electron chi connectivity index (χ3n) is 4.32. The molecule has 7 heteroatoms. The van der Waals surface area contributed by atoms with Crippen molar-refractivity contribution in [3.8, 4) is 11.6 Å². The second-order valence-electron chi connectivity index (χ2n) is 6.05. The lowest BCUT2D eigenvalue weighted by molar-refractivity contribution is 0.0596. The monoisotopic (exact) mass is 366 g/mol. The number of rotatable bonds is 6. The van der Waals surface area contributed by atoms with Gasteiger partial charge in [0, 0.05) is 24.1 Å². The van der Waals surface area contributed by atoms with Crippen LogP contribution in [0.1, 0.15) is 34.7 Å². The number of carbonyl (C=O) groups excluding carboxylic acids is 1. The molecular weight excluding hydrogens is 344 g/mol. The molecule has 3 rings (SSSR count). The molecule has 0 spiro atoms. The Hall–Kier alpha value is -3.35. The Balaban J connectivity index is 1.76. The van der Waals surface area contributed by atoms with Crippen molar-refractivity contribution < 1.29 is 14.3 Å². The smallest absolute Gasteiger partial charge is 0.343 e. The molecule has 0 amide bonds. The maximum absolute atomic E-state index is 11.7. The van der Waals surface area contributed by atoms with Crippen LogP contribution in [0, 0.1) is 6.92 Å². The SMILES string of the molecule is COC(=O)c1ccc(NC(C)c2ccc(-n3ccnc3C)cc2)nc1OC. The highest BCUT2D eigenvalue weighted by Crippen LogP contribution is 2.24. The molecule has 140 valence electrons. The summed E-state index contributed by atoms with van der Waals surface area (Å²) < 4.78 is 12.0. The highest BCUT2D eigenvalue weighted by atomic mass is 16.5. The van der Waals surface area contributed by atoms with Crippen LogP contribution in [0.15, 0.2) is 48.8 Å². The molecule has 0 aliphatic rings. The molecule has 0 radical (unpaired) electrons. The first-order chi connectivity index (χ1) is 13.0. The summed E-state index contributed by atoms with van der Waals surface area (Å²) in [6.45, 7) is 4.01. The fourth-order valence-corrected chi connectivity index (χ4v) is 2.82. The topological polar surface area (TPSA) is 78.3 Å². The van der Waals surface area contributed by atoms with Gasteiger partial charge in [-0.1, -0.05) is 12.1 Å². The van der Waals surface area contributed by atoms with Crippen molar-refractivity contribution in [2.24, 2.45) is 0 Å². The minimum atomic E-state index is -0.482. The summed E-state index contributed by atoms with van der Waals surface area (Å²) >= 11 is 0. The molecule has 1 atom stereocenters. The molecule has 2 heterocycles. The summed E-state index contributed by atoms with van der Waals surface area (Å²) in [5.74, 6) is 1.30. The van der Waals surface area contributed by atoms with Crippen molar-refractivity contribution >= 4 is 11.8 Å². The minimum Gasteiger partial charge on any atom is -0.480 e. The summed E-state index contributed by atoms with van der Waals surface area (Å²) in [7, 11) is 2.80. The van der Waals surface area contributed by atoms with Crippen LogP contribution in [0.25, 0.3) is 5.69 Å². The van der Waals surface area contributed by atoms with Crippen LogP contribution in [0.3, 0.4) is 0 Å². The number of aryl methyl sites for hydroxylation is 1. The van der Waals surface area contributed by atoms with Gasteiger partial charge in [-0.3, -0.25) is 0 Å². The van der Waals surface area contributed by atoms with Crippen molar-refractivity contribution in [3.05, 3.63) is 65.7 Å². The number of esters is 1. The van der Waals surface area contributed by atoms with Gasteiger partial charge < -0.3 is 19.4 Å². The van der Waals surface area contributed by atoms with Gasteiger partial charge in [0.05, 0.1) is 14.2 Å². The van der Waals surface area contributed by atoms with Gasteiger partial charge in [-0.25, -0.2) is 9.78 Å². The number of aromatic nitrogens is 3. The standard InChI is InChI=1S/C20H22N4O3/c1-13(15-5-7-16(8-6-15)24-12-11-21-14(24)2)22-18-10-9-17(20(25)27-4)19(23-18)26-3/h5-13H,1-4H3,(H,22,23). The van der Waals surface area contributed by atoms with E-state index in [1.807, 2.05) is 24.6 Å². The number of ether oxygens (including phenoxy) is 2. The second kappa shape index (κ2) is 7.90. The van der Waals surface area contributed by atoms with E-state index in [1.165, 1.54) is 14.2 Å². The quantitative estimate of drug-likeness (QED) is 0.672. The molecule has 0 aliphatic heterocycles. The lowest BCUT2D eigenvalue weighted by Gasteiger charge is -2.17. The fraction of sp³-hybridized carbons (Fsp3) is 0.250. The Kier molecular flexibility index (Phi) is 5.40. The number of pyridine rings is 1. The van der Waals surface area contributed by atoms with Crippen LogP contribution in [0.4, 0.5) is 5.82 Å². The maximum Gasteiger partial charge on any atom is 0.343 e. The van der Waals surface area contributed by atoms with E-state index in [2.05, 4.69) is 39.6 Å². The van der Waals surface area contributed by atoms with Gasteiger partial charge in [-0.2, -0.15) is 4.98 Å². The number of anilines is 1. The van der Waals surface area contributed by atoms with Gasteiger partial charge in [0.2, 0.25) is 5.88 Å². The van der Waals surface area contributed by atoms with E-state index in [9.17, 15) is 4.79 Å². The van der Waals surface area contributed by atoms with Crippen LogP contribution in [-0.4, -0.2) is 34.7 Å². The first-order valence-corrected chi connectivity index (χ1v) is 8.53. The number of imidazole rings is 1. The van der Waals surface area contributed by atoms with E-state index in [4.69, 9.17) is 9.47 Å². The fourth-order valence-electron chi connectivity index (χ4n) is 2.82. The molecule has 1 unspecified atom stereocenters. The molecule has 1 aromatic carbocycles. The van der Waals surface area contributed by atoms with Crippen LogP contribution >= 0.6 is 0 Å². The van der Waals surface area contributed by atoms with Gasteiger partial charge in [-0.15, -0.1) is 0 Å². The highest BCUT2D eigenvalue weighted by molar-refractivity contribution is 5.92. The molecule has 2 aromatic heterocycles.